The van der Waals surface area contributed by atoms with E-state index in [1.807, 2.05) is 6.07 Å². The molecule has 23 heavy (non-hydrogen) atoms. The molecule has 3 aliphatic carbocycles. The molecule has 2 N–H and O–H groups in total. The molecule has 0 aromatic heterocycles. The quantitative estimate of drug-likeness (QED) is 0.872. The molecular weight excluding hydrogens is 285 g/mol. The molecule has 2 bridgehead atoms. The summed E-state index contributed by atoms with van der Waals surface area (Å²) in [5.74, 6) is 1.18. The molecule has 1 saturated heterocycles. The van der Waals surface area contributed by atoms with Crippen molar-refractivity contribution in [1.82, 2.24) is 0 Å². The number of hydrogen-bond acceptors (Lipinski definition) is 3. The van der Waals surface area contributed by atoms with Crippen LogP contribution < -0.4 is 5.73 Å². The zero-order valence-corrected chi connectivity index (χ0v) is 14.7. The highest BCUT2D eigenvalue weighted by molar-refractivity contribution is 6.47. The Kier molecular flexibility index (Phi) is 3.30. The van der Waals surface area contributed by atoms with E-state index in [4.69, 9.17) is 15.0 Å². The van der Waals surface area contributed by atoms with Gasteiger partial charge in [0, 0.05) is 5.94 Å². The Bertz CT molecular complexity index is 607. The predicted molar refractivity (Wildman–Crippen MR) is 92.9 cm³/mol. The minimum absolute atomic E-state index is 0.128. The normalized spacial score (nSPS) is 42.0. The van der Waals surface area contributed by atoms with Gasteiger partial charge in [-0.15, -0.1) is 0 Å². The van der Waals surface area contributed by atoms with E-state index >= 15 is 0 Å². The summed E-state index contributed by atoms with van der Waals surface area (Å²) in [6.07, 6.45) is 3.14. The first-order valence-corrected chi connectivity index (χ1v) is 8.91. The molecule has 5 atom stereocenters. The summed E-state index contributed by atoms with van der Waals surface area (Å²) in [6, 6.07) is 10.4. The van der Waals surface area contributed by atoms with Gasteiger partial charge in [-0.25, -0.2) is 0 Å². The maximum Gasteiger partial charge on any atom is 0.476 e. The minimum Gasteiger partial charge on any atom is -0.402 e. The largest absolute Gasteiger partial charge is 0.476 e. The second kappa shape index (κ2) is 4.84. The molecule has 1 aliphatic heterocycles. The van der Waals surface area contributed by atoms with Crippen LogP contribution in [0, 0.1) is 17.3 Å². The van der Waals surface area contributed by atoms with Gasteiger partial charge in [0.05, 0.1) is 11.2 Å². The zero-order valence-electron chi connectivity index (χ0n) is 14.7. The Balaban J connectivity index is 1.54. The zero-order chi connectivity index (χ0) is 16.5. The van der Waals surface area contributed by atoms with Crippen LogP contribution in [0.1, 0.15) is 46.1 Å². The van der Waals surface area contributed by atoms with Gasteiger partial charge in [0.25, 0.3) is 0 Å². The molecule has 1 heterocycles. The number of nitrogens with two attached hydrogens (primary N) is 1. The maximum absolute atomic E-state index is 6.53. The average molecular weight is 313 g/mol. The van der Waals surface area contributed by atoms with E-state index in [-0.39, 0.29) is 24.3 Å². The fourth-order valence-corrected chi connectivity index (χ4v) is 5.39. The first-order chi connectivity index (χ1) is 10.8. The number of hydrogen-bond donors (Lipinski definition) is 1. The van der Waals surface area contributed by atoms with Crippen molar-refractivity contribution in [2.24, 2.45) is 23.0 Å². The molecule has 5 rings (SSSR count). The molecule has 0 amide bonds. The summed E-state index contributed by atoms with van der Waals surface area (Å²) >= 11 is 0. The van der Waals surface area contributed by atoms with Crippen LogP contribution in [0.15, 0.2) is 30.3 Å². The summed E-state index contributed by atoms with van der Waals surface area (Å²) in [6.45, 7) is 9.26. The molecule has 1 aromatic carbocycles. The lowest BCUT2D eigenvalue weighted by atomic mass is 9.41. The van der Waals surface area contributed by atoms with Crippen LogP contribution in [-0.4, -0.2) is 24.3 Å². The fraction of sp³-hybridized carbons (Fsp3) is 0.684. The Labute approximate surface area is 140 Å². The van der Waals surface area contributed by atoms with E-state index in [1.165, 1.54) is 12.0 Å². The van der Waals surface area contributed by atoms with Crippen molar-refractivity contribution in [2.45, 2.75) is 64.1 Å². The summed E-state index contributed by atoms with van der Waals surface area (Å²) in [5, 5.41) is 0. The molecule has 1 aromatic rings. The summed E-state index contributed by atoms with van der Waals surface area (Å²) in [4.78, 5) is 0. The monoisotopic (exact) mass is 313 g/mol. The van der Waals surface area contributed by atoms with E-state index < -0.39 is 0 Å². The molecule has 4 fully saturated rings. The highest BCUT2D eigenvalue weighted by Crippen LogP contribution is 2.69. The highest BCUT2D eigenvalue weighted by atomic mass is 16.7. The lowest BCUT2D eigenvalue weighted by molar-refractivity contribution is -0.235. The van der Waals surface area contributed by atoms with Crippen LogP contribution >= 0.6 is 0 Å². The van der Waals surface area contributed by atoms with Crippen LogP contribution in [-0.2, 0) is 15.7 Å². The Morgan fingerprint density at radius 1 is 1.17 bits per heavy atom. The second-order valence-corrected chi connectivity index (χ2v) is 8.81. The van der Waals surface area contributed by atoms with Crippen molar-refractivity contribution in [3.8, 4) is 0 Å². The number of rotatable bonds is 3. The molecular formula is C19H28BNO2. The highest BCUT2D eigenvalue weighted by Gasteiger charge is 2.73. The van der Waals surface area contributed by atoms with Gasteiger partial charge >= 0.3 is 7.12 Å². The molecule has 124 valence electrons. The maximum atomic E-state index is 6.53. The van der Waals surface area contributed by atoms with Gasteiger partial charge < -0.3 is 15.0 Å². The van der Waals surface area contributed by atoms with E-state index in [0.29, 0.717) is 11.3 Å². The van der Waals surface area contributed by atoms with Gasteiger partial charge in [-0.05, 0) is 55.9 Å². The molecule has 3 saturated carbocycles. The van der Waals surface area contributed by atoms with Crippen molar-refractivity contribution >= 4 is 7.12 Å². The topological polar surface area (TPSA) is 44.5 Å². The summed E-state index contributed by atoms with van der Waals surface area (Å²) < 4.78 is 13.0. The Morgan fingerprint density at radius 3 is 2.52 bits per heavy atom. The van der Waals surface area contributed by atoms with Crippen LogP contribution in [0.3, 0.4) is 0 Å². The summed E-state index contributed by atoms with van der Waals surface area (Å²) in [5.41, 5.74) is 7.64. The second-order valence-electron chi connectivity index (χ2n) is 8.81. The third-order valence-electron chi connectivity index (χ3n) is 7.22. The van der Waals surface area contributed by atoms with E-state index in [1.54, 1.807) is 0 Å². The van der Waals surface area contributed by atoms with Gasteiger partial charge in [-0.1, -0.05) is 44.2 Å². The van der Waals surface area contributed by atoms with Crippen molar-refractivity contribution < 1.29 is 9.31 Å². The Hall–Kier alpha value is -0.835. The number of benzene rings is 1. The van der Waals surface area contributed by atoms with Gasteiger partial charge in [0.2, 0.25) is 0 Å². The van der Waals surface area contributed by atoms with E-state index in [2.05, 4.69) is 52.0 Å². The molecule has 4 heteroatoms. The van der Waals surface area contributed by atoms with Crippen LogP contribution in [0.2, 0.25) is 0 Å². The molecule has 4 aliphatic rings. The fourth-order valence-electron chi connectivity index (χ4n) is 5.39. The molecule has 0 radical (unpaired) electrons. The van der Waals surface area contributed by atoms with Gasteiger partial charge in [0.1, 0.15) is 0 Å². The van der Waals surface area contributed by atoms with Crippen LogP contribution in [0.5, 0.6) is 0 Å². The minimum atomic E-state index is -0.305. The first-order valence-electron chi connectivity index (χ1n) is 8.91. The van der Waals surface area contributed by atoms with Gasteiger partial charge in [0.15, 0.2) is 0 Å². The smallest absolute Gasteiger partial charge is 0.402 e. The summed E-state index contributed by atoms with van der Waals surface area (Å²) in [7, 11) is -0.305. The molecule has 0 spiro atoms. The predicted octanol–water partition coefficient (Wildman–Crippen LogP) is 3.21. The van der Waals surface area contributed by atoms with Gasteiger partial charge in [-0.3, -0.25) is 0 Å². The van der Waals surface area contributed by atoms with Gasteiger partial charge in [-0.2, -0.15) is 0 Å². The molecule has 0 unspecified atom stereocenters. The van der Waals surface area contributed by atoms with Crippen LogP contribution in [0.4, 0.5) is 0 Å². The average Bonchev–Trinajstić information content (AvgIpc) is 2.79. The standard InChI is InChI=1S/C19H28BNO2/c1-17(2)14-11-15(17)19(4)18(3,12-14)22-20(23-19)16(21)10-13-8-6-5-7-9-13/h5-9,14-16H,10-12,21H2,1-4H3/t14-,15-,16-,18+,19-/m0/s1. The van der Waals surface area contributed by atoms with Crippen molar-refractivity contribution in [1.29, 1.82) is 0 Å². The van der Waals surface area contributed by atoms with E-state index in [0.717, 1.165) is 18.8 Å². The first kappa shape index (κ1) is 15.7. The van der Waals surface area contributed by atoms with E-state index in [9.17, 15) is 0 Å². The third kappa shape index (κ3) is 2.08. The third-order valence-corrected chi connectivity index (χ3v) is 7.22. The lowest BCUT2D eigenvalue weighted by Crippen LogP contribution is -2.70. The van der Waals surface area contributed by atoms with Crippen molar-refractivity contribution in [3.05, 3.63) is 35.9 Å². The SMILES string of the molecule is CC1(C)[C@H]2C[C@@H]1[C@]1(C)OB([C@@H](N)Cc3ccccc3)O[C@]1(C)C2. The molecule has 3 nitrogen and oxygen atoms in total. The van der Waals surface area contributed by atoms with Crippen LogP contribution in [0.25, 0.3) is 0 Å². The Morgan fingerprint density at radius 2 is 1.87 bits per heavy atom. The lowest BCUT2D eigenvalue weighted by Gasteiger charge is -2.67. The van der Waals surface area contributed by atoms with Crippen molar-refractivity contribution in [3.63, 3.8) is 0 Å². The van der Waals surface area contributed by atoms with Crippen molar-refractivity contribution in [2.75, 3.05) is 0 Å².